The molecule has 0 radical (unpaired) electrons. The largest absolute Gasteiger partial charge is 0.296 e. The van der Waals surface area contributed by atoms with E-state index >= 15 is 0 Å². The van der Waals surface area contributed by atoms with E-state index in [9.17, 15) is 0 Å². The van der Waals surface area contributed by atoms with Crippen molar-refractivity contribution >= 4 is 0 Å². The highest BCUT2D eigenvalue weighted by atomic mass is 15.0. The van der Waals surface area contributed by atoms with E-state index < -0.39 is 0 Å². The molecule has 1 saturated carbocycles. The molecule has 0 bridgehead atoms. The summed E-state index contributed by atoms with van der Waals surface area (Å²) in [7, 11) is 0. The highest BCUT2D eigenvalue weighted by molar-refractivity contribution is 5.10. The molecule has 0 aromatic carbocycles. The summed E-state index contributed by atoms with van der Waals surface area (Å²) in [6.45, 7) is 6.62. The number of rotatable bonds is 3. The SMILES string of the molecule is C=CCNC1(C#N)CCCC(C)C1. The zero-order chi connectivity index (χ0) is 9.73. The number of hydrogen-bond donors (Lipinski definition) is 1. The fraction of sp³-hybridized carbons (Fsp3) is 0.727. The minimum absolute atomic E-state index is 0.272. The Morgan fingerprint density at radius 3 is 3.08 bits per heavy atom. The van der Waals surface area contributed by atoms with Gasteiger partial charge in [0.2, 0.25) is 0 Å². The van der Waals surface area contributed by atoms with Crippen LogP contribution in [0.1, 0.15) is 32.6 Å². The van der Waals surface area contributed by atoms with Crippen molar-refractivity contribution in [3.63, 3.8) is 0 Å². The van der Waals surface area contributed by atoms with E-state index in [-0.39, 0.29) is 5.54 Å². The Bertz CT molecular complexity index is 217. The molecule has 13 heavy (non-hydrogen) atoms. The molecule has 1 aliphatic rings. The van der Waals surface area contributed by atoms with E-state index in [1.54, 1.807) is 0 Å². The van der Waals surface area contributed by atoms with Gasteiger partial charge >= 0.3 is 0 Å². The van der Waals surface area contributed by atoms with Gasteiger partial charge in [-0.1, -0.05) is 25.8 Å². The van der Waals surface area contributed by atoms with Gasteiger partial charge in [-0.15, -0.1) is 6.58 Å². The lowest BCUT2D eigenvalue weighted by Crippen LogP contribution is -2.47. The summed E-state index contributed by atoms with van der Waals surface area (Å²) >= 11 is 0. The lowest BCUT2D eigenvalue weighted by molar-refractivity contribution is 0.248. The third kappa shape index (κ3) is 2.57. The Balaban J connectivity index is 2.57. The van der Waals surface area contributed by atoms with E-state index in [2.05, 4.69) is 24.9 Å². The van der Waals surface area contributed by atoms with Crippen LogP contribution in [0.25, 0.3) is 0 Å². The first-order chi connectivity index (χ1) is 6.22. The van der Waals surface area contributed by atoms with Crippen molar-refractivity contribution in [2.24, 2.45) is 5.92 Å². The van der Waals surface area contributed by atoms with Gasteiger partial charge in [0.25, 0.3) is 0 Å². The lowest BCUT2D eigenvalue weighted by atomic mass is 9.77. The average molecular weight is 178 g/mol. The molecule has 0 aromatic heterocycles. The first-order valence-corrected chi connectivity index (χ1v) is 4.99. The van der Waals surface area contributed by atoms with Gasteiger partial charge in [-0.25, -0.2) is 0 Å². The molecule has 1 aliphatic carbocycles. The van der Waals surface area contributed by atoms with Gasteiger partial charge in [0.05, 0.1) is 6.07 Å². The van der Waals surface area contributed by atoms with Gasteiger partial charge in [0.1, 0.15) is 5.54 Å². The van der Waals surface area contributed by atoms with Crippen molar-refractivity contribution in [3.8, 4) is 6.07 Å². The molecule has 1 fully saturated rings. The zero-order valence-corrected chi connectivity index (χ0v) is 8.34. The molecule has 0 spiro atoms. The normalized spacial score (nSPS) is 33.7. The van der Waals surface area contributed by atoms with Gasteiger partial charge in [0.15, 0.2) is 0 Å². The fourth-order valence-corrected chi connectivity index (χ4v) is 2.12. The van der Waals surface area contributed by atoms with Gasteiger partial charge in [0, 0.05) is 6.54 Å². The summed E-state index contributed by atoms with van der Waals surface area (Å²) in [5, 5.41) is 12.4. The molecule has 1 rings (SSSR count). The Kier molecular flexibility index (Phi) is 3.50. The van der Waals surface area contributed by atoms with Gasteiger partial charge in [-0.3, -0.25) is 5.32 Å². The minimum Gasteiger partial charge on any atom is -0.296 e. The first-order valence-electron chi connectivity index (χ1n) is 4.99. The Labute approximate surface area is 80.6 Å². The molecule has 0 heterocycles. The van der Waals surface area contributed by atoms with Crippen molar-refractivity contribution in [1.82, 2.24) is 5.32 Å². The van der Waals surface area contributed by atoms with Crippen LogP contribution in [-0.4, -0.2) is 12.1 Å². The first kappa shape index (κ1) is 10.3. The number of nitrogens with one attached hydrogen (secondary N) is 1. The van der Waals surface area contributed by atoms with Gasteiger partial charge in [-0.05, 0) is 18.8 Å². The summed E-state index contributed by atoms with van der Waals surface area (Å²) in [5.41, 5.74) is -0.272. The third-order valence-electron chi connectivity index (χ3n) is 2.80. The van der Waals surface area contributed by atoms with E-state index in [0.717, 1.165) is 19.4 Å². The maximum Gasteiger partial charge on any atom is 0.107 e. The second-order valence-corrected chi connectivity index (χ2v) is 4.07. The van der Waals surface area contributed by atoms with Crippen LogP contribution in [0.5, 0.6) is 0 Å². The molecular formula is C11H18N2. The van der Waals surface area contributed by atoms with Crippen molar-refractivity contribution in [2.75, 3.05) is 6.54 Å². The molecule has 0 aliphatic heterocycles. The molecule has 2 atom stereocenters. The van der Waals surface area contributed by atoms with Crippen molar-refractivity contribution in [2.45, 2.75) is 38.1 Å². The van der Waals surface area contributed by atoms with Gasteiger partial charge in [-0.2, -0.15) is 5.26 Å². The predicted molar refractivity (Wildman–Crippen MR) is 54.2 cm³/mol. The van der Waals surface area contributed by atoms with Crippen LogP contribution in [0.3, 0.4) is 0 Å². The maximum atomic E-state index is 9.14. The molecule has 1 N–H and O–H groups in total. The zero-order valence-electron chi connectivity index (χ0n) is 8.34. The standard InChI is InChI=1S/C11H18N2/c1-3-7-13-11(9-12)6-4-5-10(2)8-11/h3,10,13H,1,4-8H2,2H3. The summed E-state index contributed by atoms with van der Waals surface area (Å²) in [6, 6.07) is 2.42. The summed E-state index contributed by atoms with van der Waals surface area (Å²) in [6.07, 6.45) is 6.22. The number of nitrogens with zero attached hydrogens (tertiary/aromatic N) is 1. The smallest absolute Gasteiger partial charge is 0.107 e. The Hall–Kier alpha value is -0.810. The monoisotopic (exact) mass is 178 g/mol. The number of hydrogen-bond acceptors (Lipinski definition) is 2. The second-order valence-electron chi connectivity index (χ2n) is 4.07. The van der Waals surface area contributed by atoms with Crippen LogP contribution >= 0.6 is 0 Å². The van der Waals surface area contributed by atoms with Crippen LogP contribution in [0.15, 0.2) is 12.7 Å². The van der Waals surface area contributed by atoms with Crippen LogP contribution < -0.4 is 5.32 Å². The van der Waals surface area contributed by atoms with Crippen LogP contribution in [0.2, 0.25) is 0 Å². The van der Waals surface area contributed by atoms with Crippen molar-refractivity contribution < 1.29 is 0 Å². The highest BCUT2D eigenvalue weighted by Gasteiger charge is 2.33. The lowest BCUT2D eigenvalue weighted by Gasteiger charge is -2.34. The maximum absolute atomic E-state index is 9.14. The molecule has 2 heteroatoms. The average Bonchev–Trinajstić information content (AvgIpc) is 2.15. The van der Waals surface area contributed by atoms with E-state index in [1.807, 2.05) is 6.08 Å². The van der Waals surface area contributed by atoms with Crippen LogP contribution in [0, 0.1) is 17.2 Å². The topological polar surface area (TPSA) is 35.8 Å². The minimum atomic E-state index is -0.272. The molecule has 2 nitrogen and oxygen atoms in total. The van der Waals surface area contributed by atoms with Crippen LogP contribution in [0.4, 0.5) is 0 Å². The van der Waals surface area contributed by atoms with Crippen molar-refractivity contribution in [3.05, 3.63) is 12.7 Å². The summed E-state index contributed by atoms with van der Waals surface area (Å²) in [5.74, 6) is 0.672. The van der Waals surface area contributed by atoms with E-state index in [1.165, 1.54) is 12.8 Å². The number of nitriles is 1. The molecule has 0 aromatic rings. The molecular weight excluding hydrogens is 160 g/mol. The van der Waals surface area contributed by atoms with E-state index in [0.29, 0.717) is 5.92 Å². The second kappa shape index (κ2) is 4.43. The fourth-order valence-electron chi connectivity index (χ4n) is 2.12. The molecule has 2 unspecified atom stereocenters. The van der Waals surface area contributed by atoms with Crippen LogP contribution in [-0.2, 0) is 0 Å². The quantitative estimate of drug-likeness (QED) is 0.673. The molecule has 72 valence electrons. The summed E-state index contributed by atoms with van der Waals surface area (Å²) < 4.78 is 0. The van der Waals surface area contributed by atoms with Gasteiger partial charge < -0.3 is 0 Å². The summed E-state index contributed by atoms with van der Waals surface area (Å²) in [4.78, 5) is 0. The predicted octanol–water partition coefficient (Wildman–Crippen LogP) is 2.23. The van der Waals surface area contributed by atoms with Crippen molar-refractivity contribution in [1.29, 1.82) is 5.26 Å². The molecule has 0 amide bonds. The van der Waals surface area contributed by atoms with E-state index in [4.69, 9.17) is 5.26 Å². The third-order valence-corrected chi connectivity index (χ3v) is 2.80. The Morgan fingerprint density at radius 1 is 1.77 bits per heavy atom. The Morgan fingerprint density at radius 2 is 2.54 bits per heavy atom. The molecule has 0 saturated heterocycles. The highest BCUT2D eigenvalue weighted by Crippen LogP contribution is 2.31.